The van der Waals surface area contributed by atoms with Crippen LogP contribution < -0.4 is 14.8 Å². The minimum atomic E-state index is -0.680. The summed E-state index contributed by atoms with van der Waals surface area (Å²) in [4.78, 5) is 35.6. The van der Waals surface area contributed by atoms with E-state index in [9.17, 15) is 14.4 Å². The van der Waals surface area contributed by atoms with Crippen molar-refractivity contribution in [3.05, 3.63) is 23.8 Å². The number of carbonyl (C=O) groups is 3. The lowest BCUT2D eigenvalue weighted by molar-refractivity contribution is -0.155. The van der Waals surface area contributed by atoms with Crippen molar-refractivity contribution in [3.8, 4) is 11.5 Å². The van der Waals surface area contributed by atoms with Crippen LogP contribution in [0.5, 0.6) is 11.5 Å². The second-order valence-electron chi connectivity index (χ2n) is 5.47. The van der Waals surface area contributed by atoms with Crippen LogP contribution >= 0.6 is 0 Å². The van der Waals surface area contributed by atoms with Gasteiger partial charge in [0.15, 0.2) is 11.9 Å². The highest BCUT2D eigenvalue weighted by atomic mass is 16.5. The first kappa shape index (κ1) is 17.8. The first-order valence-electron chi connectivity index (χ1n) is 7.77. The van der Waals surface area contributed by atoms with E-state index >= 15 is 0 Å². The summed E-state index contributed by atoms with van der Waals surface area (Å²) in [6, 6.07) is 4.71. The van der Waals surface area contributed by atoms with Crippen LogP contribution in [0, 0.1) is 0 Å². The summed E-state index contributed by atoms with van der Waals surface area (Å²) in [5.74, 6) is -0.208. The van der Waals surface area contributed by atoms with E-state index in [1.165, 1.54) is 26.4 Å². The molecule has 0 spiro atoms. The highest BCUT2D eigenvalue weighted by Crippen LogP contribution is 2.22. The predicted molar refractivity (Wildman–Crippen MR) is 85.2 cm³/mol. The third-order valence-corrected chi connectivity index (χ3v) is 3.78. The van der Waals surface area contributed by atoms with Gasteiger partial charge in [0.1, 0.15) is 18.0 Å². The second-order valence-corrected chi connectivity index (χ2v) is 5.47. The number of hydrogen-bond acceptors (Lipinski definition) is 6. The highest BCUT2D eigenvalue weighted by Gasteiger charge is 2.25. The molecule has 0 aliphatic heterocycles. The van der Waals surface area contributed by atoms with Crippen molar-refractivity contribution < 1.29 is 28.6 Å². The van der Waals surface area contributed by atoms with Crippen LogP contribution in [0.3, 0.4) is 0 Å². The van der Waals surface area contributed by atoms with Gasteiger partial charge in [-0.2, -0.15) is 0 Å². The van der Waals surface area contributed by atoms with E-state index in [1.807, 2.05) is 0 Å². The van der Waals surface area contributed by atoms with Crippen LogP contribution in [0.1, 0.15) is 36.0 Å². The summed E-state index contributed by atoms with van der Waals surface area (Å²) in [6.07, 6.45) is 2.00. The van der Waals surface area contributed by atoms with Crippen LogP contribution in [-0.4, -0.2) is 44.5 Å². The maximum atomic E-state index is 12.1. The molecule has 2 rings (SSSR count). The maximum absolute atomic E-state index is 12.1. The number of ketones is 1. The van der Waals surface area contributed by atoms with Gasteiger partial charge in [-0.25, -0.2) is 0 Å². The van der Waals surface area contributed by atoms with E-state index in [1.54, 1.807) is 6.07 Å². The number of nitrogens with one attached hydrogen (secondary N) is 1. The lowest BCUT2D eigenvalue weighted by Crippen LogP contribution is -2.36. The molecule has 1 saturated carbocycles. The Hall–Kier alpha value is -2.57. The van der Waals surface area contributed by atoms with Crippen LogP contribution in [0.15, 0.2) is 18.2 Å². The minimum Gasteiger partial charge on any atom is -0.497 e. The molecule has 1 N–H and O–H groups in total. The molecule has 1 aromatic rings. The van der Waals surface area contributed by atoms with Crippen molar-refractivity contribution in [1.82, 2.24) is 5.32 Å². The highest BCUT2D eigenvalue weighted by molar-refractivity contribution is 5.97. The Balaban J connectivity index is 1.90. The molecule has 0 aromatic heterocycles. The van der Waals surface area contributed by atoms with E-state index in [0.29, 0.717) is 29.9 Å². The number of benzene rings is 1. The summed E-state index contributed by atoms with van der Waals surface area (Å²) in [7, 11) is 2.96. The number of esters is 1. The third kappa shape index (κ3) is 4.71. The van der Waals surface area contributed by atoms with Gasteiger partial charge in [-0.3, -0.25) is 14.4 Å². The molecule has 1 aliphatic rings. The molecule has 1 aromatic carbocycles. The van der Waals surface area contributed by atoms with Crippen molar-refractivity contribution >= 4 is 17.7 Å². The van der Waals surface area contributed by atoms with Gasteiger partial charge in [-0.05, 0) is 31.4 Å². The fraction of sp³-hybridized carbons (Fsp3) is 0.471. The standard InChI is InChI=1S/C17H21NO6/c1-22-12-7-11(8-13(9-12)23-2)17(21)18-10-16(20)24-15-6-4-3-5-14(15)19/h7-9,15H,3-6,10H2,1-2H3,(H,18,21)/t15-/m0/s1. The minimum absolute atomic E-state index is 0.0570. The Morgan fingerprint density at radius 2 is 1.79 bits per heavy atom. The van der Waals surface area contributed by atoms with Crippen molar-refractivity contribution in [3.63, 3.8) is 0 Å². The van der Waals surface area contributed by atoms with Gasteiger partial charge in [0.25, 0.3) is 5.91 Å². The van der Waals surface area contributed by atoms with E-state index in [4.69, 9.17) is 14.2 Å². The largest absolute Gasteiger partial charge is 0.497 e. The molecule has 1 atom stereocenters. The van der Waals surface area contributed by atoms with E-state index in [2.05, 4.69) is 5.32 Å². The number of methoxy groups -OCH3 is 2. The Labute approximate surface area is 140 Å². The lowest BCUT2D eigenvalue weighted by Gasteiger charge is -2.20. The first-order chi connectivity index (χ1) is 11.5. The molecular weight excluding hydrogens is 314 g/mol. The summed E-state index contributed by atoms with van der Waals surface area (Å²) >= 11 is 0. The van der Waals surface area contributed by atoms with Gasteiger partial charge < -0.3 is 19.5 Å². The lowest BCUT2D eigenvalue weighted by atomic mass is 9.96. The number of carbonyl (C=O) groups excluding carboxylic acids is 3. The molecular formula is C17H21NO6. The van der Waals surface area contributed by atoms with Crippen LogP contribution in [0.25, 0.3) is 0 Å². The van der Waals surface area contributed by atoms with E-state index < -0.39 is 18.0 Å². The van der Waals surface area contributed by atoms with Crippen molar-refractivity contribution in [2.75, 3.05) is 20.8 Å². The molecule has 7 heteroatoms. The van der Waals surface area contributed by atoms with Gasteiger partial charge in [0.2, 0.25) is 0 Å². The Bertz CT molecular complexity index is 605. The molecule has 0 radical (unpaired) electrons. The Morgan fingerprint density at radius 1 is 1.12 bits per heavy atom. The summed E-state index contributed by atoms with van der Waals surface area (Å²) in [6.45, 7) is -0.303. The Kier molecular flexibility index (Phi) is 6.17. The monoisotopic (exact) mass is 335 g/mol. The van der Waals surface area contributed by atoms with Gasteiger partial charge >= 0.3 is 5.97 Å². The number of rotatable bonds is 6. The molecule has 0 bridgehead atoms. The zero-order valence-electron chi connectivity index (χ0n) is 13.8. The molecule has 1 aliphatic carbocycles. The second kappa shape index (κ2) is 8.33. The molecule has 0 unspecified atom stereocenters. The summed E-state index contributed by atoms with van der Waals surface area (Å²) in [5.41, 5.74) is 0.299. The zero-order valence-corrected chi connectivity index (χ0v) is 13.8. The molecule has 24 heavy (non-hydrogen) atoms. The molecule has 1 fully saturated rings. The first-order valence-corrected chi connectivity index (χ1v) is 7.77. The van der Waals surface area contributed by atoms with Gasteiger partial charge in [-0.15, -0.1) is 0 Å². The van der Waals surface area contributed by atoms with Gasteiger partial charge in [0, 0.05) is 18.1 Å². The van der Waals surface area contributed by atoms with Crippen molar-refractivity contribution in [2.24, 2.45) is 0 Å². The smallest absolute Gasteiger partial charge is 0.326 e. The molecule has 0 heterocycles. The average molecular weight is 335 g/mol. The number of ether oxygens (including phenoxy) is 3. The average Bonchev–Trinajstić information content (AvgIpc) is 2.61. The fourth-order valence-electron chi connectivity index (χ4n) is 2.47. The summed E-state index contributed by atoms with van der Waals surface area (Å²) in [5, 5.41) is 2.47. The number of Topliss-reactive ketones (excluding diaryl/α,β-unsaturated/α-hetero) is 1. The molecule has 1 amide bonds. The summed E-state index contributed by atoms with van der Waals surface area (Å²) < 4.78 is 15.3. The van der Waals surface area contributed by atoms with Crippen LogP contribution in [-0.2, 0) is 14.3 Å². The molecule has 130 valence electrons. The molecule has 0 saturated heterocycles. The number of amides is 1. The van der Waals surface area contributed by atoms with Crippen LogP contribution in [0.4, 0.5) is 0 Å². The zero-order chi connectivity index (χ0) is 17.5. The van der Waals surface area contributed by atoms with E-state index in [-0.39, 0.29) is 12.3 Å². The fourth-order valence-corrected chi connectivity index (χ4v) is 2.47. The molecule has 7 nitrogen and oxygen atoms in total. The SMILES string of the molecule is COc1cc(OC)cc(C(=O)NCC(=O)O[C@H]2CCCCC2=O)c1. The van der Waals surface area contributed by atoms with Crippen molar-refractivity contribution in [1.29, 1.82) is 0 Å². The predicted octanol–water partition coefficient (Wildman–Crippen LogP) is 1.49. The van der Waals surface area contributed by atoms with Crippen LogP contribution in [0.2, 0.25) is 0 Å². The van der Waals surface area contributed by atoms with Crippen molar-refractivity contribution in [2.45, 2.75) is 31.8 Å². The quantitative estimate of drug-likeness (QED) is 0.792. The topological polar surface area (TPSA) is 90.9 Å². The van der Waals surface area contributed by atoms with E-state index in [0.717, 1.165) is 12.8 Å². The third-order valence-electron chi connectivity index (χ3n) is 3.78. The van der Waals surface area contributed by atoms with Gasteiger partial charge in [0.05, 0.1) is 14.2 Å². The normalized spacial score (nSPS) is 17.1. The maximum Gasteiger partial charge on any atom is 0.326 e. The number of hydrogen-bond donors (Lipinski definition) is 1. The van der Waals surface area contributed by atoms with Gasteiger partial charge in [-0.1, -0.05) is 0 Å². The Morgan fingerprint density at radius 3 is 2.38 bits per heavy atom.